The van der Waals surface area contributed by atoms with Crippen molar-refractivity contribution in [2.45, 2.75) is 57.0 Å². The summed E-state index contributed by atoms with van der Waals surface area (Å²) in [5, 5.41) is 3.50. The molecule has 1 saturated carbocycles. The largest absolute Gasteiger partial charge is 0.317 e. The summed E-state index contributed by atoms with van der Waals surface area (Å²) in [5.41, 5.74) is 0. The van der Waals surface area contributed by atoms with Crippen molar-refractivity contribution in [1.29, 1.82) is 0 Å². The Morgan fingerprint density at radius 2 is 1.68 bits per heavy atom. The van der Waals surface area contributed by atoms with Gasteiger partial charge in [0.15, 0.2) is 0 Å². The molecular weight excluding hydrogens is 234 g/mol. The average molecular weight is 265 g/mol. The molecule has 2 aliphatic heterocycles. The van der Waals surface area contributed by atoms with Crippen LogP contribution in [-0.2, 0) is 0 Å². The molecule has 0 bridgehead atoms. The van der Waals surface area contributed by atoms with Crippen molar-refractivity contribution < 1.29 is 0 Å². The maximum absolute atomic E-state index is 3.50. The first-order valence-electron chi connectivity index (χ1n) is 8.48. The highest BCUT2D eigenvalue weighted by molar-refractivity contribution is 4.91. The van der Waals surface area contributed by atoms with Crippen LogP contribution in [0.4, 0.5) is 0 Å². The van der Waals surface area contributed by atoms with E-state index in [0.29, 0.717) is 0 Å². The van der Waals surface area contributed by atoms with Crippen LogP contribution in [0.5, 0.6) is 0 Å². The molecule has 1 atom stereocenters. The predicted octanol–water partition coefficient (Wildman–Crippen LogP) is 1.93. The maximum Gasteiger partial charge on any atom is 0.0111 e. The molecule has 3 rings (SSSR count). The van der Waals surface area contributed by atoms with Crippen LogP contribution in [0.1, 0.15) is 44.9 Å². The Morgan fingerprint density at radius 3 is 2.42 bits per heavy atom. The number of hydrogen-bond donors (Lipinski definition) is 1. The zero-order chi connectivity index (χ0) is 13.1. The van der Waals surface area contributed by atoms with Gasteiger partial charge < -0.3 is 10.2 Å². The number of rotatable bonds is 4. The monoisotopic (exact) mass is 265 g/mol. The molecule has 3 aliphatic rings. The van der Waals surface area contributed by atoms with Gasteiger partial charge in [0.1, 0.15) is 0 Å². The Bertz CT molecular complexity index is 271. The lowest BCUT2D eigenvalue weighted by Crippen LogP contribution is -2.43. The van der Waals surface area contributed by atoms with E-state index in [-0.39, 0.29) is 0 Å². The van der Waals surface area contributed by atoms with Gasteiger partial charge >= 0.3 is 0 Å². The molecule has 2 saturated heterocycles. The van der Waals surface area contributed by atoms with Crippen molar-refractivity contribution in [2.75, 3.05) is 39.8 Å². The fourth-order valence-electron chi connectivity index (χ4n) is 3.92. The lowest BCUT2D eigenvalue weighted by atomic mass is 9.95. The van der Waals surface area contributed by atoms with E-state index in [0.717, 1.165) is 18.0 Å². The minimum Gasteiger partial charge on any atom is -0.317 e. The van der Waals surface area contributed by atoms with Crippen LogP contribution in [0.3, 0.4) is 0 Å². The second-order valence-electron chi connectivity index (χ2n) is 7.01. The van der Waals surface area contributed by atoms with Crippen LogP contribution >= 0.6 is 0 Å². The molecule has 0 spiro atoms. The van der Waals surface area contributed by atoms with E-state index in [4.69, 9.17) is 0 Å². The summed E-state index contributed by atoms with van der Waals surface area (Å²) in [6, 6.07) is 1.83. The SMILES string of the molecule is CN1CCCC(N(CC2CCNCC2)C2CC2)CC1. The topological polar surface area (TPSA) is 18.5 Å². The predicted molar refractivity (Wildman–Crippen MR) is 80.5 cm³/mol. The summed E-state index contributed by atoms with van der Waals surface area (Å²) in [5.74, 6) is 0.961. The molecule has 1 aliphatic carbocycles. The first-order valence-corrected chi connectivity index (χ1v) is 8.48. The molecule has 0 amide bonds. The van der Waals surface area contributed by atoms with Crippen molar-refractivity contribution in [1.82, 2.24) is 15.1 Å². The van der Waals surface area contributed by atoms with E-state index >= 15 is 0 Å². The Hall–Kier alpha value is -0.120. The lowest BCUT2D eigenvalue weighted by Gasteiger charge is -2.35. The highest BCUT2D eigenvalue weighted by Gasteiger charge is 2.35. The van der Waals surface area contributed by atoms with Crippen LogP contribution in [0, 0.1) is 5.92 Å². The molecule has 0 aromatic rings. The van der Waals surface area contributed by atoms with Crippen molar-refractivity contribution in [3.8, 4) is 0 Å². The lowest BCUT2D eigenvalue weighted by molar-refractivity contribution is 0.131. The Morgan fingerprint density at radius 1 is 0.947 bits per heavy atom. The number of likely N-dealkylation sites (tertiary alicyclic amines) is 1. The second kappa shape index (κ2) is 6.55. The summed E-state index contributed by atoms with van der Waals surface area (Å²) in [6.07, 6.45) is 9.97. The quantitative estimate of drug-likeness (QED) is 0.838. The van der Waals surface area contributed by atoms with Crippen molar-refractivity contribution >= 4 is 0 Å². The third-order valence-corrected chi connectivity index (χ3v) is 5.33. The zero-order valence-electron chi connectivity index (χ0n) is 12.6. The van der Waals surface area contributed by atoms with Crippen LogP contribution in [0.15, 0.2) is 0 Å². The molecule has 0 radical (unpaired) electrons. The smallest absolute Gasteiger partial charge is 0.0111 e. The van der Waals surface area contributed by atoms with Crippen LogP contribution in [0.25, 0.3) is 0 Å². The van der Waals surface area contributed by atoms with Gasteiger partial charge in [-0.25, -0.2) is 0 Å². The summed E-state index contributed by atoms with van der Waals surface area (Å²) in [4.78, 5) is 5.45. The van der Waals surface area contributed by atoms with E-state index in [2.05, 4.69) is 22.2 Å². The summed E-state index contributed by atoms with van der Waals surface area (Å²) >= 11 is 0. The molecule has 1 N–H and O–H groups in total. The average Bonchev–Trinajstić information content (AvgIpc) is 3.25. The van der Waals surface area contributed by atoms with Crippen molar-refractivity contribution in [3.05, 3.63) is 0 Å². The molecule has 0 aromatic heterocycles. The molecule has 3 heteroatoms. The molecule has 3 nitrogen and oxygen atoms in total. The number of hydrogen-bond acceptors (Lipinski definition) is 3. The normalized spacial score (nSPS) is 31.6. The Balaban J connectivity index is 1.56. The Kier molecular flexibility index (Phi) is 4.78. The summed E-state index contributed by atoms with van der Waals surface area (Å²) in [6.45, 7) is 6.50. The fraction of sp³-hybridized carbons (Fsp3) is 1.00. The van der Waals surface area contributed by atoms with Crippen molar-refractivity contribution in [3.63, 3.8) is 0 Å². The molecule has 110 valence electrons. The second-order valence-corrected chi connectivity index (χ2v) is 7.01. The third kappa shape index (κ3) is 3.93. The van der Waals surface area contributed by atoms with Gasteiger partial charge in [0, 0.05) is 18.6 Å². The van der Waals surface area contributed by atoms with Crippen LogP contribution in [-0.4, -0.2) is 61.7 Å². The number of nitrogens with zero attached hydrogens (tertiary/aromatic N) is 2. The Labute approximate surface area is 118 Å². The van der Waals surface area contributed by atoms with Gasteiger partial charge in [-0.2, -0.15) is 0 Å². The molecule has 0 aromatic carbocycles. The standard InChI is InChI=1S/C16H31N3/c1-18-11-2-3-15(8-12-18)19(16-4-5-16)13-14-6-9-17-10-7-14/h14-17H,2-13H2,1H3. The number of nitrogens with one attached hydrogen (secondary N) is 1. The van der Waals surface area contributed by atoms with Gasteiger partial charge in [-0.15, -0.1) is 0 Å². The van der Waals surface area contributed by atoms with Crippen molar-refractivity contribution in [2.24, 2.45) is 5.92 Å². The molecular formula is C16H31N3. The van der Waals surface area contributed by atoms with E-state index in [1.165, 1.54) is 77.7 Å². The van der Waals surface area contributed by atoms with E-state index in [9.17, 15) is 0 Å². The molecule has 3 fully saturated rings. The van der Waals surface area contributed by atoms with Crippen LogP contribution < -0.4 is 5.32 Å². The maximum atomic E-state index is 3.50. The highest BCUT2D eigenvalue weighted by atomic mass is 15.2. The van der Waals surface area contributed by atoms with Gasteiger partial charge in [0.05, 0.1) is 0 Å². The minimum absolute atomic E-state index is 0.882. The van der Waals surface area contributed by atoms with E-state index < -0.39 is 0 Å². The molecule has 19 heavy (non-hydrogen) atoms. The van der Waals surface area contributed by atoms with Crippen LogP contribution in [0.2, 0.25) is 0 Å². The minimum atomic E-state index is 0.882. The van der Waals surface area contributed by atoms with Gasteiger partial charge in [-0.1, -0.05) is 0 Å². The van der Waals surface area contributed by atoms with E-state index in [1.54, 1.807) is 0 Å². The first-order chi connectivity index (χ1) is 9.33. The summed E-state index contributed by atoms with van der Waals surface area (Å²) < 4.78 is 0. The van der Waals surface area contributed by atoms with Gasteiger partial charge in [0.25, 0.3) is 0 Å². The van der Waals surface area contributed by atoms with E-state index in [1.807, 2.05) is 0 Å². The third-order valence-electron chi connectivity index (χ3n) is 5.33. The van der Waals surface area contributed by atoms with Gasteiger partial charge in [-0.05, 0) is 84.1 Å². The molecule has 1 unspecified atom stereocenters. The first kappa shape index (κ1) is 13.8. The zero-order valence-corrected chi connectivity index (χ0v) is 12.6. The number of piperidine rings is 1. The highest BCUT2D eigenvalue weighted by Crippen LogP contribution is 2.33. The van der Waals surface area contributed by atoms with Gasteiger partial charge in [0.2, 0.25) is 0 Å². The molecule has 2 heterocycles. The fourth-order valence-corrected chi connectivity index (χ4v) is 3.92. The van der Waals surface area contributed by atoms with Gasteiger partial charge in [-0.3, -0.25) is 4.90 Å². The summed E-state index contributed by atoms with van der Waals surface area (Å²) in [7, 11) is 2.29.